The van der Waals surface area contributed by atoms with Crippen LogP contribution in [0.4, 0.5) is 5.69 Å². The first-order valence-electron chi connectivity index (χ1n) is 6.30. The molecule has 0 spiro atoms. The molecule has 1 heterocycles. The Morgan fingerprint density at radius 2 is 1.90 bits per heavy atom. The molecule has 4 heteroatoms. The molecule has 1 unspecified atom stereocenters. The zero-order chi connectivity index (χ0) is 13.9. The summed E-state index contributed by atoms with van der Waals surface area (Å²) in [6.45, 7) is 0. The Labute approximate surface area is 114 Å². The number of anilines is 1. The third kappa shape index (κ3) is 1.31. The number of benzene rings is 2. The fourth-order valence-corrected chi connectivity index (χ4v) is 2.86. The Balaban J connectivity index is 2.19. The van der Waals surface area contributed by atoms with Crippen molar-refractivity contribution in [3.8, 4) is 11.3 Å². The van der Waals surface area contributed by atoms with Crippen molar-refractivity contribution in [1.82, 2.24) is 0 Å². The molecule has 3 aromatic rings. The SMILES string of the molecule is Nc1ccc2c3c(oc(=O)c2c1)-c1ccccc1C3O. The van der Waals surface area contributed by atoms with Crippen molar-refractivity contribution in [2.24, 2.45) is 0 Å². The fraction of sp³-hybridized carbons (Fsp3) is 0.0625. The van der Waals surface area contributed by atoms with Crippen molar-refractivity contribution in [1.29, 1.82) is 0 Å². The molecular weight excluding hydrogens is 254 g/mol. The maximum Gasteiger partial charge on any atom is 0.344 e. The molecule has 3 N–H and O–H groups in total. The van der Waals surface area contributed by atoms with E-state index in [0.717, 1.165) is 11.1 Å². The number of aliphatic hydroxyl groups excluding tert-OH is 1. The summed E-state index contributed by atoms with van der Waals surface area (Å²) in [7, 11) is 0. The normalized spacial score (nSPS) is 16.1. The summed E-state index contributed by atoms with van der Waals surface area (Å²) in [6, 6.07) is 12.4. The van der Waals surface area contributed by atoms with Gasteiger partial charge in [-0.15, -0.1) is 0 Å². The molecule has 4 rings (SSSR count). The number of nitrogen functional groups attached to an aromatic ring is 1. The number of rotatable bonds is 0. The molecule has 4 nitrogen and oxygen atoms in total. The van der Waals surface area contributed by atoms with Crippen molar-refractivity contribution < 1.29 is 9.52 Å². The second kappa shape index (κ2) is 3.71. The average molecular weight is 265 g/mol. The molecule has 1 aromatic heterocycles. The van der Waals surface area contributed by atoms with Gasteiger partial charge >= 0.3 is 5.63 Å². The number of hydrogen-bond donors (Lipinski definition) is 2. The van der Waals surface area contributed by atoms with Crippen LogP contribution >= 0.6 is 0 Å². The lowest BCUT2D eigenvalue weighted by atomic mass is 10.0. The van der Waals surface area contributed by atoms with E-state index in [4.69, 9.17) is 10.2 Å². The third-order valence-corrected chi connectivity index (χ3v) is 3.77. The summed E-state index contributed by atoms with van der Waals surface area (Å²) in [5.41, 5.74) is 7.94. The number of hydrogen-bond acceptors (Lipinski definition) is 4. The Morgan fingerprint density at radius 1 is 1.10 bits per heavy atom. The van der Waals surface area contributed by atoms with Crippen molar-refractivity contribution in [2.45, 2.75) is 6.10 Å². The van der Waals surface area contributed by atoms with Crippen LogP contribution in [-0.2, 0) is 0 Å². The summed E-state index contributed by atoms with van der Waals surface area (Å²) >= 11 is 0. The van der Waals surface area contributed by atoms with Gasteiger partial charge in [-0.2, -0.15) is 0 Å². The van der Waals surface area contributed by atoms with Gasteiger partial charge in [-0.25, -0.2) is 4.79 Å². The monoisotopic (exact) mass is 265 g/mol. The topological polar surface area (TPSA) is 76.5 Å². The summed E-state index contributed by atoms with van der Waals surface area (Å²) < 4.78 is 5.41. The van der Waals surface area contributed by atoms with Gasteiger partial charge in [0.1, 0.15) is 11.9 Å². The van der Waals surface area contributed by atoms with Crippen LogP contribution in [0.2, 0.25) is 0 Å². The lowest BCUT2D eigenvalue weighted by Gasteiger charge is -2.08. The first-order chi connectivity index (χ1) is 9.66. The minimum absolute atomic E-state index is 0.399. The predicted molar refractivity (Wildman–Crippen MR) is 76.4 cm³/mol. The zero-order valence-electron chi connectivity index (χ0n) is 10.5. The Hall–Kier alpha value is -2.59. The van der Waals surface area contributed by atoms with E-state index in [1.54, 1.807) is 18.2 Å². The molecule has 0 radical (unpaired) electrons. The summed E-state index contributed by atoms with van der Waals surface area (Å²) in [6.07, 6.45) is -0.781. The highest BCUT2D eigenvalue weighted by Gasteiger charge is 2.31. The Kier molecular flexibility index (Phi) is 2.09. The highest BCUT2D eigenvalue weighted by atomic mass is 16.4. The summed E-state index contributed by atoms with van der Waals surface area (Å²) in [5.74, 6) is 0.454. The van der Waals surface area contributed by atoms with Crippen LogP contribution in [0.5, 0.6) is 0 Å². The van der Waals surface area contributed by atoms with Crippen LogP contribution < -0.4 is 11.4 Å². The van der Waals surface area contributed by atoms with Gasteiger partial charge in [0.15, 0.2) is 0 Å². The molecule has 2 aromatic carbocycles. The first kappa shape index (κ1) is 11.3. The van der Waals surface area contributed by atoms with E-state index < -0.39 is 11.7 Å². The van der Waals surface area contributed by atoms with Crippen LogP contribution in [0.3, 0.4) is 0 Å². The first-order valence-corrected chi connectivity index (χ1v) is 6.30. The van der Waals surface area contributed by atoms with E-state index in [2.05, 4.69) is 0 Å². The zero-order valence-corrected chi connectivity index (χ0v) is 10.5. The second-order valence-electron chi connectivity index (χ2n) is 4.93. The van der Waals surface area contributed by atoms with Crippen molar-refractivity contribution in [3.05, 3.63) is 64.0 Å². The van der Waals surface area contributed by atoms with E-state index in [9.17, 15) is 9.90 Å². The molecular formula is C16H11NO3. The van der Waals surface area contributed by atoms with Gasteiger partial charge in [0, 0.05) is 16.8 Å². The van der Waals surface area contributed by atoms with E-state index in [1.165, 1.54) is 0 Å². The van der Waals surface area contributed by atoms with Crippen LogP contribution in [0.15, 0.2) is 51.7 Å². The van der Waals surface area contributed by atoms with Gasteiger partial charge in [-0.3, -0.25) is 0 Å². The van der Waals surface area contributed by atoms with Crippen molar-refractivity contribution >= 4 is 16.5 Å². The molecule has 98 valence electrons. The lowest BCUT2D eigenvalue weighted by molar-refractivity contribution is 0.225. The second-order valence-corrected chi connectivity index (χ2v) is 4.93. The van der Waals surface area contributed by atoms with Gasteiger partial charge in [-0.05, 0) is 23.1 Å². The van der Waals surface area contributed by atoms with Crippen molar-refractivity contribution in [3.63, 3.8) is 0 Å². The lowest BCUT2D eigenvalue weighted by Crippen LogP contribution is -2.04. The fourth-order valence-electron chi connectivity index (χ4n) is 2.86. The van der Waals surface area contributed by atoms with Gasteiger partial charge < -0.3 is 15.3 Å². The predicted octanol–water partition coefficient (Wildman–Crippen LogP) is 2.44. The van der Waals surface area contributed by atoms with E-state index >= 15 is 0 Å². The Bertz CT molecular complexity index is 911. The molecule has 0 amide bonds. The quantitative estimate of drug-likeness (QED) is 0.612. The van der Waals surface area contributed by atoms with Gasteiger partial charge in [0.25, 0.3) is 0 Å². The van der Waals surface area contributed by atoms with Crippen LogP contribution in [0, 0.1) is 0 Å². The number of aliphatic hydroxyl groups is 1. The number of nitrogens with two attached hydrogens (primary N) is 1. The van der Waals surface area contributed by atoms with Crippen molar-refractivity contribution in [2.75, 3.05) is 5.73 Å². The minimum Gasteiger partial charge on any atom is -0.422 e. The van der Waals surface area contributed by atoms with Gasteiger partial charge in [0.05, 0.1) is 5.39 Å². The minimum atomic E-state index is -0.781. The maximum absolute atomic E-state index is 12.1. The molecule has 0 saturated heterocycles. The van der Waals surface area contributed by atoms with Crippen LogP contribution in [0.1, 0.15) is 17.2 Å². The van der Waals surface area contributed by atoms with Gasteiger partial charge in [-0.1, -0.05) is 30.3 Å². The molecule has 0 saturated carbocycles. The summed E-state index contributed by atoms with van der Waals surface area (Å²) in [5, 5.41) is 11.6. The van der Waals surface area contributed by atoms with Gasteiger partial charge in [0.2, 0.25) is 0 Å². The van der Waals surface area contributed by atoms with E-state index in [0.29, 0.717) is 27.8 Å². The molecule has 0 bridgehead atoms. The van der Waals surface area contributed by atoms with Crippen LogP contribution in [-0.4, -0.2) is 5.11 Å². The average Bonchev–Trinajstić information content (AvgIpc) is 2.73. The largest absolute Gasteiger partial charge is 0.422 e. The number of fused-ring (bicyclic) bond motifs is 5. The standard InChI is InChI=1S/C16H11NO3/c17-8-5-6-9-12(7-8)16(19)20-15-11-4-2-1-3-10(11)14(18)13(9)15/h1-7,14,18H,17H2. The van der Waals surface area contributed by atoms with E-state index in [1.807, 2.05) is 24.3 Å². The molecule has 1 aliphatic rings. The molecule has 0 aliphatic heterocycles. The smallest absolute Gasteiger partial charge is 0.344 e. The molecule has 20 heavy (non-hydrogen) atoms. The summed E-state index contributed by atoms with van der Waals surface area (Å²) in [4.78, 5) is 12.1. The highest BCUT2D eigenvalue weighted by Crippen LogP contribution is 2.45. The molecule has 1 atom stereocenters. The third-order valence-electron chi connectivity index (χ3n) is 3.77. The maximum atomic E-state index is 12.1. The highest BCUT2D eigenvalue weighted by molar-refractivity contribution is 5.93. The molecule has 0 fully saturated rings. The van der Waals surface area contributed by atoms with E-state index in [-0.39, 0.29) is 0 Å². The molecule has 1 aliphatic carbocycles. The Morgan fingerprint density at radius 3 is 2.75 bits per heavy atom. The van der Waals surface area contributed by atoms with Crippen LogP contribution in [0.25, 0.3) is 22.1 Å².